The minimum atomic E-state index is -0.442. The predicted molar refractivity (Wildman–Crippen MR) is 202 cm³/mol. The van der Waals surface area contributed by atoms with Crippen LogP contribution in [0.4, 0.5) is 0 Å². The van der Waals surface area contributed by atoms with Gasteiger partial charge in [-0.15, -0.1) is 0 Å². The number of esters is 1. The molecule has 0 spiro atoms. The Morgan fingerprint density at radius 1 is 0.577 bits per heavy atom. The van der Waals surface area contributed by atoms with E-state index in [-0.39, 0.29) is 36.6 Å². The highest BCUT2D eigenvalue weighted by Crippen LogP contribution is 2.41. The minimum absolute atomic E-state index is 0.0258. The molecule has 0 amide bonds. The fourth-order valence-corrected chi connectivity index (χ4v) is 6.41. The molecule has 0 aliphatic carbocycles. The highest BCUT2D eigenvalue weighted by atomic mass is 16.6. The van der Waals surface area contributed by atoms with E-state index in [1.807, 2.05) is 133 Å². The number of fused-ring (bicyclic) bond motifs is 3. The van der Waals surface area contributed by atoms with Crippen molar-refractivity contribution >= 4 is 24.2 Å². The van der Waals surface area contributed by atoms with Crippen LogP contribution in [0.3, 0.4) is 0 Å². The Balaban J connectivity index is 1.13. The molecule has 8 heteroatoms. The van der Waals surface area contributed by atoms with Gasteiger partial charge < -0.3 is 33.2 Å². The van der Waals surface area contributed by atoms with Crippen molar-refractivity contribution in [2.75, 3.05) is 0 Å². The summed E-state index contributed by atoms with van der Waals surface area (Å²) in [5.74, 6) is 3.70. The van der Waals surface area contributed by atoms with E-state index in [0.717, 1.165) is 39.3 Å². The highest BCUT2D eigenvalue weighted by molar-refractivity contribution is 5.90. The molecular formula is C44H46O8. The summed E-state index contributed by atoms with van der Waals surface area (Å²) in [6, 6.07) is 25.7. The first kappa shape index (κ1) is 35.1. The lowest BCUT2D eigenvalue weighted by Crippen LogP contribution is -2.35. The van der Waals surface area contributed by atoms with Crippen LogP contribution in [0, 0.1) is 0 Å². The van der Waals surface area contributed by atoms with E-state index in [4.69, 9.17) is 33.2 Å². The molecule has 4 aromatic rings. The number of carbonyl (C=O) groups is 1. The van der Waals surface area contributed by atoms with Crippen LogP contribution in [0.5, 0.6) is 34.5 Å². The first-order valence-corrected chi connectivity index (χ1v) is 18.1. The van der Waals surface area contributed by atoms with Gasteiger partial charge in [0.25, 0.3) is 0 Å². The third-order valence-electron chi connectivity index (χ3n) is 9.91. The second-order valence-electron chi connectivity index (χ2n) is 13.9. The molecule has 0 saturated heterocycles. The summed E-state index contributed by atoms with van der Waals surface area (Å²) in [4.78, 5) is 13.5. The molecule has 0 N–H and O–H groups in total. The van der Waals surface area contributed by atoms with Gasteiger partial charge in [0.05, 0.1) is 0 Å². The Bertz CT molecular complexity index is 1970. The second-order valence-corrected chi connectivity index (χ2v) is 13.9. The molecule has 3 aliphatic heterocycles. The molecule has 0 saturated carbocycles. The van der Waals surface area contributed by atoms with Crippen molar-refractivity contribution in [1.29, 1.82) is 0 Å². The van der Waals surface area contributed by atoms with Crippen molar-refractivity contribution in [2.24, 2.45) is 0 Å². The first-order chi connectivity index (χ1) is 25.1. The Morgan fingerprint density at radius 2 is 1.13 bits per heavy atom. The molecule has 270 valence electrons. The summed E-state index contributed by atoms with van der Waals surface area (Å²) in [7, 11) is 0. The van der Waals surface area contributed by atoms with E-state index in [9.17, 15) is 4.79 Å². The lowest BCUT2D eigenvalue weighted by molar-refractivity contribution is -0.142. The van der Waals surface area contributed by atoms with E-state index in [1.54, 1.807) is 6.08 Å². The van der Waals surface area contributed by atoms with Crippen molar-refractivity contribution in [3.63, 3.8) is 0 Å². The van der Waals surface area contributed by atoms with E-state index in [1.165, 1.54) is 6.08 Å². The maximum Gasteiger partial charge on any atom is 0.331 e. The zero-order chi connectivity index (χ0) is 36.4. The van der Waals surface area contributed by atoms with Gasteiger partial charge in [0.2, 0.25) is 0 Å². The lowest BCUT2D eigenvalue weighted by Gasteiger charge is -2.31. The topological polar surface area (TPSA) is 81.7 Å². The van der Waals surface area contributed by atoms with E-state index in [2.05, 4.69) is 0 Å². The Kier molecular flexibility index (Phi) is 10.2. The highest BCUT2D eigenvalue weighted by Gasteiger charge is 2.29. The van der Waals surface area contributed by atoms with Crippen LogP contribution in [-0.4, -0.2) is 48.7 Å². The maximum absolute atomic E-state index is 13.5. The van der Waals surface area contributed by atoms with Gasteiger partial charge in [-0.2, -0.15) is 0 Å². The van der Waals surface area contributed by atoms with Crippen LogP contribution < -0.4 is 28.4 Å². The summed E-state index contributed by atoms with van der Waals surface area (Å²) in [5, 5.41) is 0. The molecule has 7 atom stereocenters. The van der Waals surface area contributed by atoms with Gasteiger partial charge >= 0.3 is 5.97 Å². The number of carbonyl (C=O) groups excluding carboxylic acids is 1. The number of hydrogen-bond acceptors (Lipinski definition) is 8. The third kappa shape index (κ3) is 7.91. The van der Waals surface area contributed by atoms with Gasteiger partial charge in [0, 0.05) is 24.5 Å². The van der Waals surface area contributed by atoms with E-state index < -0.39 is 12.1 Å². The van der Waals surface area contributed by atoms with Gasteiger partial charge in [-0.25, -0.2) is 4.79 Å². The smallest absolute Gasteiger partial charge is 0.331 e. The molecule has 0 fully saturated rings. The van der Waals surface area contributed by atoms with Gasteiger partial charge in [-0.3, -0.25) is 0 Å². The minimum Gasteiger partial charge on any atom is -0.483 e. The molecule has 0 bridgehead atoms. The normalized spacial score (nSPS) is 23.7. The number of ether oxygens (including phenoxy) is 7. The average Bonchev–Trinajstić information content (AvgIpc) is 3.12. The van der Waals surface area contributed by atoms with Gasteiger partial charge in [-0.1, -0.05) is 54.6 Å². The molecule has 0 aromatic heterocycles. The largest absolute Gasteiger partial charge is 0.483 e. The molecular weight excluding hydrogens is 656 g/mol. The van der Waals surface area contributed by atoms with Crippen molar-refractivity contribution in [3.8, 4) is 34.5 Å². The molecule has 8 nitrogen and oxygen atoms in total. The quantitative estimate of drug-likeness (QED) is 0.0972. The van der Waals surface area contributed by atoms with Crippen molar-refractivity contribution in [2.45, 2.75) is 97.1 Å². The summed E-state index contributed by atoms with van der Waals surface area (Å²) < 4.78 is 43.0. The van der Waals surface area contributed by atoms with Crippen molar-refractivity contribution < 1.29 is 38.0 Å². The molecule has 4 aromatic carbocycles. The zero-order valence-corrected chi connectivity index (χ0v) is 30.5. The van der Waals surface area contributed by atoms with Crippen LogP contribution in [0.25, 0.3) is 18.2 Å². The Morgan fingerprint density at radius 3 is 1.83 bits per heavy atom. The lowest BCUT2D eigenvalue weighted by atomic mass is 10.0. The van der Waals surface area contributed by atoms with Crippen LogP contribution >= 0.6 is 0 Å². The van der Waals surface area contributed by atoms with Gasteiger partial charge in [0.15, 0.2) is 34.5 Å². The predicted octanol–water partition coefficient (Wildman–Crippen LogP) is 8.91. The summed E-state index contributed by atoms with van der Waals surface area (Å²) in [6.07, 6.45) is 7.44. The number of benzene rings is 4. The second kappa shape index (κ2) is 15.1. The molecule has 7 rings (SSSR count). The fourth-order valence-electron chi connectivity index (χ4n) is 6.41. The summed E-state index contributed by atoms with van der Waals surface area (Å²) in [5.41, 5.74) is 4.58. The zero-order valence-electron chi connectivity index (χ0n) is 30.5. The molecule has 0 radical (unpaired) electrons. The summed E-state index contributed by atoms with van der Waals surface area (Å²) >= 11 is 0. The average molecular weight is 703 g/mol. The van der Waals surface area contributed by atoms with Crippen molar-refractivity contribution in [1.82, 2.24) is 0 Å². The van der Waals surface area contributed by atoms with E-state index >= 15 is 0 Å². The number of rotatable bonds is 9. The standard InChI is InChI=1S/C44H46O8/c1-26-28(3)49-41-24-33(13-18-38(41)46-26)12-17-37-35(15-20-40-44(37)51-31(6)30(5)48-40)16-21-43(45)52-36(22-32-10-8-7-9-11-32)23-34-14-19-39-42(25-34)50-29(4)27(2)47-39/h7-21,24-31,36H,22-23H2,1-6H3/b17-12+,21-16+. The van der Waals surface area contributed by atoms with Crippen LogP contribution in [0.2, 0.25) is 0 Å². The van der Waals surface area contributed by atoms with Gasteiger partial charge in [-0.05, 0) is 106 Å². The summed E-state index contributed by atoms with van der Waals surface area (Å²) in [6.45, 7) is 12.0. The number of hydrogen-bond donors (Lipinski definition) is 0. The van der Waals surface area contributed by atoms with Crippen LogP contribution in [-0.2, 0) is 22.4 Å². The van der Waals surface area contributed by atoms with Gasteiger partial charge in [0.1, 0.15) is 42.7 Å². The molecule has 3 aliphatic rings. The van der Waals surface area contributed by atoms with E-state index in [0.29, 0.717) is 35.8 Å². The van der Waals surface area contributed by atoms with Crippen molar-refractivity contribution in [3.05, 3.63) is 113 Å². The molecule has 7 unspecified atom stereocenters. The molecule has 3 heterocycles. The monoisotopic (exact) mass is 702 g/mol. The molecule has 52 heavy (non-hydrogen) atoms. The van der Waals surface area contributed by atoms with Crippen LogP contribution in [0.1, 0.15) is 69.4 Å². The van der Waals surface area contributed by atoms with Crippen LogP contribution in [0.15, 0.2) is 84.9 Å². The third-order valence-corrected chi connectivity index (χ3v) is 9.91. The fraction of sp³-hybridized carbons (Fsp3) is 0.341. The SMILES string of the molecule is CC1Oc2ccc(/C=C/c3c(/C=C/C(=O)OC(Cc4ccccc4)Cc4ccc5c(c4)OC(C)C(C)O5)ccc4c3OC(C)C(C)O4)cc2OC1C. The first-order valence-electron chi connectivity index (χ1n) is 18.1. The maximum atomic E-state index is 13.5. The Labute approximate surface area is 305 Å². The Hall–Kier alpha value is -5.37.